The molecule has 8 nitrogen and oxygen atoms in total. The van der Waals surface area contributed by atoms with Gasteiger partial charge in [0.2, 0.25) is 5.54 Å². The third kappa shape index (κ3) is 8.43. The molecule has 0 saturated heterocycles. The van der Waals surface area contributed by atoms with Gasteiger partial charge in [0.1, 0.15) is 5.60 Å². The molecule has 0 aliphatic heterocycles. The molecule has 0 heterocycles. The molecule has 0 spiro atoms. The van der Waals surface area contributed by atoms with Crippen molar-refractivity contribution in [3.05, 3.63) is 10.1 Å². The van der Waals surface area contributed by atoms with Gasteiger partial charge in [-0.05, 0) is 33.6 Å². The normalized spacial score (nSPS) is 13.3. The van der Waals surface area contributed by atoms with Crippen LogP contribution in [0.4, 0.5) is 4.79 Å². The van der Waals surface area contributed by atoms with Gasteiger partial charge in [0.05, 0.1) is 5.92 Å². The minimum atomic E-state index is -1.29. The Labute approximate surface area is 130 Å². The summed E-state index contributed by atoms with van der Waals surface area (Å²) in [7, 11) is 0. The lowest BCUT2D eigenvalue weighted by Crippen LogP contribution is -2.36. The summed E-state index contributed by atoms with van der Waals surface area (Å²) in [5.74, 6) is -1.88. The molecule has 2 N–H and O–H groups in total. The first kappa shape index (κ1) is 20.1. The van der Waals surface area contributed by atoms with Crippen LogP contribution in [0.3, 0.4) is 0 Å². The minimum absolute atomic E-state index is 0.0538. The van der Waals surface area contributed by atoms with Crippen LogP contribution in [0, 0.1) is 16.0 Å². The zero-order valence-corrected chi connectivity index (χ0v) is 13.8. The highest BCUT2D eigenvalue weighted by molar-refractivity contribution is 5.70. The van der Waals surface area contributed by atoms with Gasteiger partial charge in [-0.25, -0.2) is 4.79 Å². The SMILES string of the molecule is CC(C)(C)OC(=O)NCCCC(CC(C)(C)[N+](=O)[O-])C(=O)O. The first-order chi connectivity index (χ1) is 9.85. The van der Waals surface area contributed by atoms with Gasteiger partial charge in [0, 0.05) is 31.7 Å². The Hall–Kier alpha value is -1.86. The maximum absolute atomic E-state index is 11.4. The number of nitrogens with one attached hydrogen (secondary N) is 1. The number of nitrogens with zero attached hydrogens (tertiary/aromatic N) is 1. The Balaban J connectivity index is 4.26. The van der Waals surface area contributed by atoms with Crippen LogP contribution in [-0.4, -0.2) is 39.8 Å². The molecule has 0 radical (unpaired) electrons. The van der Waals surface area contributed by atoms with E-state index >= 15 is 0 Å². The molecule has 0 aromatic carbocycles. The van der Waals surface area contributed by atoms with Crippen molar-refractivity contribution in [3.8, 4) is 0 Å². The predicted octanol–water partition coefficient (Wildman–Crippen LogP) is 2.44. The van der Waals surface area contributed by atoms with Crippen LogP contribution in [0.2, 0.25) is 0 Å². The van der Waals surface area contributed by atoms with Gasteiger partial charge in [0.25, 0.3) is 0 Å². The molecule has 8 heteroatoms. The first-order valence-electron chi connectivity index (χ1n) is 7.19. The molecule has 0 fully saturated rings. The lowest BCUT2D eigenvalue weighted by Gasteiger charge is -2.21. The van der Waals surface area contributed by atoms with Gasteiger partial charge in [0.15, 0.2) is 0 Å². The number of alkyl carbamates (subject to hydrolysis) is 1. The summed E-state index contributed by atoms with van der Waals surface area (Å²) in [6.07, 6.45) is 0.0405. The van der Waals surface area contributed by atoms with Gasteiger partial charge in [-0.2, -0.15) is 0 Å². The highest BCUT2D eigenvalue weighted by Gasteiger charge is 2.36. The van der Waals surface area contributed by atoms with E-state index in [9.17, 15) is 19.7 Å². The highest BCUT2D eigenvalue weighted by Crippen LogP contribution is 2.23. The summed E-state index contributed by atoms with van der Waals surface area (Å²) < 4.78 is 5.05. The van der Waals surface area contributed by atoms with Crippen molar-refractivity contribution in [1.82, 2.24) is 5.32 Å². The molecule has 0 aromatic heterocycles. The number of aliphatic carboxylic acids is 1. The first-order valence-corrected chi connectivity index (χ1v) is 7.19. The van der Waals surface area contributed by atoms with Gasteiger partial charge < -0.3 is 15.2 Å². The number of carboxylic acid groups (broad SMARTS) is 1. The van der Waals surface area contributed by atoms with E-state index in [0.29, 0.717) is 6.42 Å². The number of ether oxygens (including phenoxy) is 1. The van der Waals surface area contributed by atoms with Crippen molar-refractivity contribution in [2.45, 2.75) is 65.0 Å². The van der Waals surface area contributed by atoms with Crippen LogP contribution >= 0.6 is 0 Å². The van der Waals surface area contributed by atoms with Crippen molar-refractivity contribution in [2.24, 2.45) is 5.92 Å². The van der Waals surface area contributed by atoms with Crippen LogP contribution < -0.4 is 5.32 Å². The van der Waals surface area contributed by atoms with Crippen LogP contribution in [0.25, 0.3) is 0 Å². The highest BCUT2D eigenvalue weighted by atomic mass is 16.6. The summed E-state index contributed by atoms with van der Waals surface area (Å²) in [4.78, 5) is 33.0. The Kier molecular flexibility index (Phi) is 7.28. The summed E-state index contributed by atoms with van der Waals surface area (Å²) in [6.45, 7) is 8.30. The fourth-order valence-corrected chi connectivity index (χ4v) is 1.84. The van der Waals surface area contributed by atoms with E-state index in [1.54, 1.807) is 20.8 Å². The second-order valence-electron chi connectivity index (χ2n) is 6.88. The molecule has 1 atom stereocenters. The van der Waals surface area contributed by atoms with Gasteiger partial charge >= 0.3 is 12.1 Å². The number of nitro groups is 1. The van der Waals surface area contributed by atoms with E-state index < -0.39 is 34.0 Å². The van der Waals surface area contributed by atoms with E-state index in [-0.39, 0.29) is 19.4 Å². The topological polar surface area (TPSA) is 119 Å². The number of carbonyl (C=O) groups is 2. The second kappa shape index (κ2) is 7.95. The molecule has 0 aliphatic carbocycles. The van der Waals surface area contributed by atoms with Gasteiger partial charge in [-0.1, -0.05) is 0 Å². The predicted molar refractivity (Wildman–Crippen MR) is 80.3 cm³/mol. The summed E-state index contributed by atoms with van der Waals surface area (Å²) in [5.41, 5.74) is -1.88. The summed E-state index contributed by atoms with van der Waals surface area (Å²) in [5, 5.41) is 22.5. The Morgan fingerprint density at radius 3 is 2.23 bits per heavy atom. The van der Waals surface area contributed by atoms with Crippen LogP contribution in [0.5, 0.6) is 0 Å². The smallest absolute Gasteiger partial charge is 0.407 e. The number of hydrogen-bond donors (Lipinski definition) is 2. The molecule has 0 aromatic rings. The lowest BCUT2D eigenvalue weighted by atomic mass is 9.88. The molecule has 0 rings (SSSR count). The maximum atomic E-state index is 11.4. The van der Waals surface area contributed by atoms with E-state index in [4.69, 9.17) is 9.84 Å². The average Bonchev–Trinajstić information content (AvgIpc) is 2.30. The van der Waals surface area contributed by atoms with Crippen molar-refractivity contribution in [2.75, 3.05) is 6.54 Å². The molecule has 1 amide bonds. The third-order valence-corrected chi connectivity index (χ3v) is 2.99. The van der Waals surface area contributed by atoms with Crippen LogP contribution in [0.15, 0.2) is 0 Å². The summed E-state index contributed by atoms with van der Waals surface area (Å²) >= 11 is 0. The zero-order chi connectivity index (χ0) is 17.6. The Morgan fingerprint density at radius 2 is 1.82 bits per heavy atom. The molecule has 22 heavy (non-hydrogen) atoms. The average molecular weight is 318 g/mol. The molecule has 0 bridgehead atoms. The van der Waals surface area contributed by atoms with Crippen molar-refractivity contribution < 1.29 is 24.4 Å². The van der Waals surface area contributed by atoms with Crippen molar-refractivity contribution in [3.63, 3.8) is 0 Å². The number of carbonyl (C=O) groups excluding carboxylic acids is 1. The zero-order valence-electron chi connectivity index (χ0n) is 13.8. The number of hydrogen-bond acceptors (Lipinski definition) is 5. The fourth-order valence-electron chi connectivity index (χ4n) is 1.84. The second-order valence-corrected chi connectivity index (χ2v) is 6.88. The monoisotopic (exact) mass is 318 g/mol. The van der Waals surface area contributed by atoms with Gasteiger partial charge in [-0.15, -0.1) is 0 Å². The number of carboxylic acids is 1. The molecule has 1 unspecified atom stereocenters. The van der Waals surface area contributed by atoms with Crippen molar-refractivity contribution >= 4 is 12.1 Å². The largest absolute Gasteiger partial charge is 0.481 e. The standard InChI is InChI=1S/C14H26N2O6/c1-13(2,3)22-12(19)15-8-6-7-10(11(17)18)9-14(4,5)16(20)21/h10H,6-9H2,1-5H3,(H,15,19)(H,17,18). The minimum Gasteiger partial charge on any atom is -0.481 e. The Morgan fingerprint density at radius 1 is 1.27 bits per heavy atom. The summed E-state index contributed by atoms with van der Waals surface area (Å²) in [6, 6.07) is 0. The molecule has 0 saturated carbocycles. The van der Waals surface area contributed by atoms with E-state index in [0.717, 1.165) is 0 Å². The lowest BCUT2D eigenvalue weighted by molar-refractivity contribution is -0.562. The van der Waals surface area contributed by atoms with Gasteiger partial charge in [-0.3, -0.25) is 14.9 Å². The van der Waals surface area contributed by atoms with Crippen LogP contribution in [0.1, 0.15) is 53.9 Å². The van der Waals surface area contributed by atoms with Crippen molar-refractivity contribution in [1.29, 1.82) is 0 Å². The van der Waals surface area contributed by atoms with E-state index in [2.05, 4.69) is 5.32 Å². The number of rotatable bonds is 8. The molecular formula is C14H26N2O6. The number of amides is 1. The molecular weight excluding hydrogens is 292 g/mol. The maximum Gasteiger partial charge on any atom is 0.407 e. The fraction of sp³-hybridized carbons (Fsp3) is 0.857. The molecule has 0 aliphatic rings. The quantitative estimate of drug-likeness (QED) is 0.403. The van der Waals surface area contributed by atoms with Crippen LogP contribution in [-0.2, 0) is 9.53 Å². The Bertz CT molecular complexity index is 414. The third-order valence-electron chi connectivity index (χ3n) is 2.99. The van der Waals surface area contributed by atoms with E-state index in [1.165, 1.54) is 13.8 Å². The van der Waals surface area contributed by atoms with E-state index in [1.807, 2.05) is 0 Å². The molecule has 128 valence electrons.